The molecule has 0 aromatic heterocycles. The van der Waals surface area contributed by atoms with Gasteiger partial charge in [-0.15, -0.1) is 4.52 Å². The maximum Gasteiger partial charge on any atom is 0.488 e. The molecule has 0 aliphatic rings. The van der Waals surface area contributed by atoms with Crippen LogP contribution in [-0.4, -0.2) is 19.1 Å². The Morgan fingerprint density at radius 3 is 2.00 bits per heavy atom. The van der Waals surface area contributed by atoms with Crippen LogP contribution in [0.2, 0.25) is 0 Å². The van der Waals surface area contributed by atoms with Gasteiger partial charge in [-0.05, 0) is 49.5 Å². The Kier molecular flexibility index (Phi) is 21.5. The molecule has 7 heteroatoms. The van der Waals surface area contributed by atoms with E-state index >= 15 is 0 Å². The van der Waals surface area contributed by atoms with Crippen molar-refractivity contribution in [3.8, 4) is 0 Å². The number of carbonyl (C=O) groups excluding carboxylic acids is 1. The molecule has 0 spiro atoms. The minimum Gasteiger partial charge on any atom is -0.566 e. The summed E-state index contributed by atoms with van der Waals surface area (Å²) in [5.41, 5.74) is 2.37. The highest BCUT2D eigenvalue weighted by Gasteiger charge is 2.03. The van der Waals surface area contributed by atoms with Crippen LogP contribution >= 0.6 is 8.25 Å². The second-order valence-corrected chi connectivity index (χ2v) is 7.11. The molecule has 0 saturated carbocycles. The first-order chi connectivity index (χ1) is 14.2. The summed E-state index contributed by atoms with van der Waals surface area (Å²) >= 11 is 0. The zero-order chi connectivity index (χ0) is 21.4. The van der Waals surface area contributed by atoms with E-state index in [4.69, 9.17) is 4.84 Å². The number of allylic oxidation sites excluding steroid dienone is 8. The molecule has 0 aliphatic carbocycles. The van der Waals surface area contributed by atoms with Crippen LogP contribution in [0.1, 0.15) is 71.1 Å². The summed E-state index contributed by atoms with van der Waals surface area (Å²) in [7, 11) is -2.86. The Morgan fingerprint density at radius 1 is 0.897 bits per heavy atom. The predicted octanol–water partition coefficient (Wildman–Crippen LogP) is 5.21. The maximum absolute atomic E-state index is 11.4. The van der Waals surface area contributed by atoms with Crippen molar-refractivity contribution in [2.45, 2.75) is 71.1 Å². The van der Waals surface area contributed by atoms with Crippen molar-refractivity contribution in [2.24, 2.45) is 0 Å². The minimum absolute atomic E-state index is 0.0613. The molecule has 0 aromatic rings. The third-order valence-electron chi connectivity index (χ3n) is 3.80. The second-order valence-electron chi connectivity index (χ2n) is 6.41. The zero-order valence-electron chi connectivity index (χ0n) is 17.6. The van der Waals surface area contributed by atoms with Crippen molar-refractivity contribution in [1.82, 2.24) is 5.48 Å². The molecule has 0 fully saturated rings. The van der Waals surface area contributed by atoms with Gasteiger partial charge in [0.1, 0.15) is 6.61 Å². The summed E-state index contributed by atoms with van der Waals surface area (Å²) in [4.78, 5) is 26.3. The molecule has 164 valence electrons. The minimum atomic E-state index is -2.86. The summed E-state index contributed by atoms with van der Waals surface area (Å²) in [5.74, 6) is -0.368. The van der Waals surface area contributed by atoms with E-state index in [1.807, 2.05) is 0 Å². The van der Waals surface area contributed by atoms with Gasteiger partial charge in [0.05, 0.1) is 6.54 Å². The van der Waals surface area contributed by atoms with Crippen molar-refractivity contribution < 1.29 is 23.6 Å². The van der Waals surface area contributed by atoms with Crippen molar-refractivity contribution >= 4 is 14.2 Å². The molecular weight excluding hydrogens is 389 g/mol. The lowest BCUT2D eigenvalue weighted by atomic mass is 10.2. The van der Waals surface area contributed by atoms with E-state index in [1.54, 1.807) is 0 Å². The number of hydroxylamine groups is 1. The van der Waals surface area contributed by atoms with Crippen LogP contribution in [0.5, 0.6) is 0 Å². The van der Waals surface area contributed by atoms with Gasteiger partial charge in [-0.1, -0.05) is 68.4 Å². The van der Waals surface area contributed by atoms with E-state index in [-0.39, 0.29) is 19.1 Å². The lowest BCUT2D eigenvalue weighted by Gasteiger charge is -2.03. The normalized spacial score (nSPS) is 12.7. The predicted molar refractivity (Wildman–Crippen MR) is 116 cm³/mol. The van der Waals surface area contributed by atoms with E-state index in [1.165, 1.54) is 25.7 Å². The van der Waals surface area contributed by atoms with Gasteiger partial charge in [-0.3, -0.25) is 4.79 Å². The molecule has 1 unspecified atom stereocenters. The monoisotopic (exact) mass is 425 g/mol. The Hall–Kier alpha value is -1.59. The molecule has 0 aliphatic heterocycles. The van der Waals surface area contributed by atoms with Gasteiger partial charge in [0, 0.05) is 6.42 Å². The van der Waals surface area contributed by atoms with Crippen LogP contribution in [0.3, 0.4) is 0 Å². The first-order valence-corrected chi connectivity index (χ1v) is 11.6. The molecule has 1 N–H and O–H groups in total. The molecule has 0 rings (SSSR count). The Labute approximate surface area is 176 Å². The Bertz CT molecular complexity index is 529. The number of hydrogen-bond donors (Lipinski definition) is 1. The number of hydrogen-bond acceptors (Lipinski definition) is 6. The van der Waals surface area contributed by atoms with Crippen molar-refractivity contribution in [3.05, 3.63) is 48.6 Å². The van der Waals surface area contributed by atoms with E-state index in [9.17, 15) is 14.3 Å². The van der Waals surface area contributed by atoms with Gasteiger partial charge in [0.2, 0.25) is 0 Å². The molecule has 0 bridgehead atoms. The van der Waals surface area contributed by atoms with Crippen LogP contribution in [0.4, 0.5) is 0 Å². The second kappa shape index (κ2) is 22.7. The Balaban J connectivity index is 3.47. The van der Waals surface area contributed by atoms with Crippen LogP contribution in [0, 0.1) is 0 Å². The van der Waals surface area contributed by atoms with E-state index in [0.717, 1.165) is 25.7 Å². The summed E-state index contributed by atoms with van der Waals surface area (Å²) in [6, 6.07) is 0. The van der Waals surface area contributed by atoms with Gasteiger partial charge in [0.25, 0.3) is 0 Å². The lowest BCUT2D eigenvalue weighted by Crippen LogP contribution is -2.23. The van der Waals surface area contributed by atoms with E-state index in [0.29, 0.717) is 12.8 Å². The van der Waals surface area contributed by atoms with Gasteiger partial charge < -0.3 is 9.73 Å². The van der Waals surface area contributed by atoms with Crippen LogP contribution in [0.25, 0.3) is 0 Å². The van der Waals surface area contributed by atoms with E-state index < -0.39 is 8.25 Å². The van der Waals surface area contributed by atoms with Crippen molar-refractivity contribution in [2.75, 3.05) is 13.2 Å². The molecule has 29 heavy (non-hydrogen) atoms. The third-order valence-corrected chi connectivity index (χ3v) is 4.19. The molecule has 0 aromatic carbocycles. The third kappa shape index (κ3) is 24.4. The molecule has 6 nitrogen and oxygen atoms in total. The number of rotatable bonds is 19. The quantitative estimate of drug-likeness (QED) is 0.132. The highest BCUT2D eigenvalue weighted by atomic mass is 31.1. The fourth-order valence-corrected chi connectivity index (χ4v) is 2.51. The van der Waals surface area contributed by atoms with Gasteiger partial charge >= 0.3 is 14.2 Å². The highest BCUT2D eigenvalue weighted by Crippen LogP contribution is 2.06. The largest absolute Gasteiger partial charge is 0.566 e. The van der Waals surface area contributed by atoms with Gasteiger partial charge in [0.15, 0.2) is 0 Å². The molecule has 0 saturated heterocycles. The Morgan fingerprint density at radius 2 is 1.45 bits per heavy atom. The van der Waals surface area contributed by atoms with Crippen LogP contribution < -0.4 is 10.4 Å². The average Bonchev–Trinajstić information content (AvgIpc) is 2.69. The molecule has 0 amide bonds. The van der Waals surface area contributed by atoms with Crippen molar-refractivity contribution in [3.63, 3.8) is 0 Å². The summed E-state index contributed by atoms with van der Waals surface area (Å²) in [6.45, 7) is 2.29. The molecule has 1 atom stereocenters. The van der Waals surface area contributed by atoms with E-state index in [2.05, 4.69) is 65.5 Å². The molecular formula is C22H36NO5P. The maximum atomic E-state index is 11.4. The summed E-state index contributed by atoms with van der Waals surface area (Å²) in [5, 5.41) is 0. The first-order valence-electron chi connectivity index (χ1n) is 10.5. The summed E-state index contributed by atoms with van der Waals surface area (Å²) in [6.07, 6.45) is 27.1. The molecule has 0 radical (unpaired) electrons. The lowest BCUT2D eigenvalue weighted by molar-refractivity contribution is -0.185. The number of nitrogens with one attached hydrogen (secondary N) is 1. The van der Waals surface area contributed by atoms with Crippen molar-refractivity contribution in [1.29, 1.82) is 0 Å². The topological polar surface area (TPSA) is 87.7 Å². The number of unbranched alkanes of at least 4 members (excludes halogenated alkanes) is 4. The van der Waals surface area contributed by atoms with Crippen LogP contribution in [-0.2, 0) is 18.7 Å². The fraction of sp³-hybridized carbons (Fsp3) is 0.591. The fourth-order valence-electron chi connectivity index (χ4n) is 2.27. The number of carbonyl (C=O) groups is 1. The highest BCUT2D eigenvalue weighted by molar-refractivity contribution is 7.30. The van der Waals surface area contributed by atoms with Gasteiger partial charge in [-0.2, -0.15) is 5.48 Å². The molecule has 0 heterocycles. The smallest absolute Gasteiger partial charge is 0.488 e. The first kappa shape index (κ1) is 27.4. The average molecular weight is 426 g/mol. The standard InChI is InChI=1S/C22H36NO5P/c1-2-3-4-5-6-7-8-9-10-11-12-13-14-15-16-17-18-19-22(24)28-23-20-21-27-29(25)26/h6-7,9-10,12-13,15-16,23H,2-5,8,11,14,17-21H2,1H3/b7-6-,10-9-,13-12-,16-15-. The van der Waals surface area contributed by atoms with Crippen LogP contribution in [0.15, 0.2) is 48.6 Å². The zero-order valence-corrected chi connectivity index (χ0v) is 18.5. The summed E-state index contributed by atoms with van der Waals surface area (Å²) < 4.78 is 14.4. The SMILES string of the molecule is CCCCC/C=C\C/C=C\C/C=C\C/C=C\CCCC(=O)ONCCO[P+](=O)[O-]. The van der Waals surface area contributed by atoms with Gasteiger partial charge in [-0.25, -0.2) is 0 Å².